The predicted octanol–water partition coefficient (Wildman–Crippen LogP) is -3.86. The number of hydrogen-bond donors (Lipinski definition) is 2. The lowest BCUT2D eigenvalue weighted by atomic mass is 9.52. The third-order valence-electron chi connectivity index (χ3n) is 3.05. The van der Waals surface area contributed by atoms with Crippen LogP contribution in [0, 0.1) is 6.92 Å². The van der Waals surface area contributed by atoms with Crippen molar-refractivity contribution in [2.24, 2.45) is 0 Å². The number of phenolic OH excluding ortho intramolecular Hbond substituents is 2. The highest BCUT2D eigenvalue weighted by Crippen LogP contribution is 2.50. The quantitative estimate of drug-likeness (QED) is 0.417. The zero-order valence-electron chi connectivity index (χ0n) is 15.1. The molecule has 0 saturated heterocycles. The van der Waals surface area contributed by atoms with E-state index < -0.39 is 10.6 Å². The van der Waals surface area contributed by atoms with E-state index in [1.165, 1.54) is 0 Å². The largest absolute Gasteiger partial charge is 0.507 e. The molecule has 0 radical (unpaired) electrons. The lowest BCUT2D eigenvalue weighted by Crippen LogP contribution is -2.40. The molecule has 0 aliphatic rings. The molecule has 1 aromatic carbocycles. The standard InChI is InChI=1S/C12H24B6O4/c1-3-4-6-5(2)7(19)9(21-11(13,14)15)10(8(6)20)22-12(16,17)18/h19-20H,3-4,13-18H2,1-2H3. The first-order valence-corrected chi connectivity index (χ1v) is 7.82. The monoisotopic (exact) mass is 298 g/mol. The number of aromatic hydroxyl groups is 2. The summed E-state index contributed by atoms with van der Waals surface area (Å²) in [5.74, 6) is 0.521. The Labute approximate surface area is 138 Å². The van der Waals surface area contributed by atoms with E-state index in [1.807, 2.05) is 54.0 Å². The Kier molecular flexibility index (Phi) is 5.58. The second-order valence-electron chi connectivity index (χ2n) is 7.64. The first-order valence-electron chi connectivity index (χ1n) is 7.82. The molecule has 114 valence electrons. The molecule has 0 spiro atoms. The molecule has 0 heterocycles. The highest BCUT2D eigenvalue weighted by atomic mass is 16.5. The molecule has 10 heteroatoms. The summed E-state index contributed by atoms with van der Waals surface area (Å²) in [6.45, 7) is 3.82. The second-order valence-corrected chi connectivity index (χ2v) is 7.64. The summed E-state index contributed by atoms with van der Waals surface area (Å²) in [5, 5.41) is 20.2. The Morgan fingerprint density at radius 3 is 1.64 bits per heavy atom. The van der Waals surface area contributed by atoms with E-state index >= 15 is 0 Å². The Bertz CT molecular complexity index is 550. The molecule has 0 aliphatic heterocycles. The summed E-state index contributed by atoms with van der Waals surface area (Å²) in [5.41, 5.74) is 1.35. The van der Waals surface area contributed by atoms with Crippen molar-refractivity contribution in [3.8, 4) is 23.0 Å². The van der Waals surface area contributed by atoms with Gasteiger partial charge in [-0.2, -0.15) is 0 Å². The van der Waals surface area contributed by atoms with Crippen molar-refractivity contribution >= 4 is 47.1 Å². The minimum absolute atomic E-state index is 0.0374. The van der Waals surface area contributed by atoms with Crippen molar-refractivity contribution in [3.05, 3.63) is 11.1 Å². The van der Waals surface area contributed by atoms with Gasteiger partial charge < -0.3 is 19.7 Å². The number of benzene rings is 1. The maximum absolute atomic E-state index is 10.7. The van der Waals surface area contributed by atoms with Crippen LogP contribution in [0.15, 0.2) is 0 Å². The Balaban J connectivity index is 3.58. The van der Waals surface area contributed by atoms with E-state index in [-0.39, 0.29) is 23.0 Å². The van der Waals surface area contributed by atoms with Crippen LogP contribution in [0.1, 0.15) is 24.5 Å². The van der Waals surface area contributed by atoms with Gasteiger partial charge in [-0.05, 0) is 13.3 Å². The van der Waals surface area contributed by atoms with Crippen LogP contribution in [0.2, 0.25) is 0 Å². The zero-order valence-corrected chi connectivity index (χ0v) is 15.1. The Morgan fingerprint density at radius 1 is 0.864 bits per heavy atom. The smallest absolute Gasteiger partial charge is 0.205 e. The van der Waals surface area contributed by atoms with Gasteiger partial charge in [0.25, 0.3) is 0 Å². The fourth-order valence-electron chi connectivity index (χ4n) is 2.20. The number of phenols is 2. The first kappa shape index (κ1) is 18.9. The lowest BCUT2D eigenvalue weighted by Gasteiger charge is -2.30. The van der Waals surface area contributed by atoms with Gasteiger partial charge in [0.05, 0.1) is 0 Å². The Hall–Kier alpha value is -1.19. The zero-order chi connectivity index (χ0) is 17.3. The Morgan fingerprint density at radius 2 is 1.27 bits per heavy atom. The first-order chi connectivity index (χ1) is 9.87. The van der Waals surface area contributed by atoms with Crippen LogP contribution in [0.25, 0.3) is 0 Å². The molecule has 0 unspecified atom stereocenters. The van der Waals surface area contributed by atoms with Gasteiger partial charge in [0.2, 0.25) is 11.5 Å². The predicted molar refractivity (Wildman–Crippen MR) is 106 cm³/mol. The summed E-state index contributed by atoms with van der Waals surface area (Å²) in [6.07, 6.45) is 1.53. The van der Waals surface area contributed by atoms with Gasteiger partial charge in [0, 0.05) is 21.7 Å². The molecule has 0 aliphatic carbocycles. The van der Waals surface area contributed by atoms with E-state index in [0.29, 0.717) is 17.5 Å². The van der Waals surface area contributed by atoms with Crippen molar-refractivity contribution in [1.82, 2.24) is 0 Å². The molecule has 0 atom stereocenters. The van der Waals surface area contributed by atoms with E-state index in [4.69, 9.17) is 9.47 Å². The van der Waals surface area contributed by atoms with Crippen LogP contribution >= 0.6 is 0 Å². The highest BCUT2D eigenvalue weighted by molar-refractivity contribution is 6.59. The third kappa shape index (κ3) is 4.65. The summed E-state index contributed by atoms with van der Waals surface area (Å²) in [6, 6.07) is 0. The van der Waals surface area contributed by atoms with Gasteiger partial charge in [-0.25, -0.2) is 0 Å². The molecule has 0 aromatic heterocycles. The summed E-state index contributed by atoms with van der Waals surface area (Å²) in [7, 11) is 11.3. The van der Waals surface area contributed by atoms with Crippen LogP contribution < -0.4 is 9.47 Å². The van der Waals surface area contributed by atoms with Gasteiger partial charge in [-0.15, -0.1) is 0 Å². The van der Waals surface area contributed by atoms with Gasteiger partial charge in [-0.1, -0.05) is 13.3 Å². The van der Waals surface area contributed by atoms with Crippen LogP contribution in [-0.2, 0) is 6.42 Å². The van der Waals surface area contributed by atoms with E-state index in [0.717, 1.165) is 6.42 Å². The van der Waals surface area contributed by atoms with Crippen molar-refractivity contribution in [2.45, 2.75) is 37.3 Å². The van der Waals surface area contributed by atoms with Crippen molar-refractivity contribution < 1.29 is 19.7 Å². The highest BCUT2D eigenvalue weighted by Gasteiger charge is 2.29. The molecule has 1 aromatic rings. The SMILES string of the molecule is BC(B)(B)Oc1c(O)c(C)c(CCC)c(O)c1OC(B)(B)B. The van der Waals surface area contributed by atoms with Gasteiger partial charge in [-0.3, -0.25) is 0 Å². The summed E-state index contributed by atoms with van der Waals surface area (Å²) < 4.78 is 11.8. The normalized spacial score (nSPS) is 12.1. The molecule has 0 saturated carbocycles. The van der Waals surface area contributed by atoms with Crippen LogP contribution in [0.3, 0.4) is 0 Å². The second kappa shape index (κ2) is 6.51. The molecular formula is C12H24B6O4. The van der Waals surface area contributed by atoms with Gasteiger partial charge in [0.1, 0.15) is 47.1 Å². The van der Waals surface area contributed by atoms with E-state index in [9.17, 15) is 10.2 Å². The molecular weight excluding hydrogens is 273 g/mol. The topological polar surface area (TPSA) is 58.9 Å². The molecule has 0 fully saturated rings. The average Bonchev–Trinajstić information content (AvgIpc) is 2.34. The van der Waals surface area contributed by atoms with Gasteiger partial charge in [0.15, 0.2) is 11.5 Å². The van der Waals surface area contributed by atoms with Crippen LogP contribution in [-0.4, -0.2) is 67.9 Å². The summed E-state index contributed by atoms with van der Waals surface area (Å²) in [4.78, 5) is 0. The van der Waals surface area contributed by atoms with E-state index in [1.54, 1.807) is 6.92 Å². The van der Waals surface area contributed by atoms with Gasteiger partial charge >= 0.3 is 0 Å². The van der Waals surface area contributed by atoms with Crippen molar-refractivity contribution in [2.75, 3.05) is 0 Å². The maximum atomic E-state index is 10.7. The van der Waals surface area contributed by atoms with Crippen LogP contribution in [0.5, 0.6) is 23.0 Å². The molecule has 0 bridgehead atoms. The van der Waals surface area contributed by atoms with Crippen molar-refractivity contribution in [1.29, 1.82) is 0 Å². The molecule has 2 N–H and O–H groups in total. The number of rotatable bonds is 6. The summed E-state index contributed by atoms with van der Waals surface area (Å²) >= 11 is 0. The van der Waals surface area contributed by atoms with E-state index in [2.05, 4.69) is 0 Å². The van der Waals surface area contributed by atoms with Crippen LogP contribution in [0.4, 0.5) is 0 Å². The maximum Gasteiger partial charge on any atom is 0.205 e. The minimum Gasteiger partial charge on any atom is -0.507 e. The minimum atomic E-state index is -0.515. The fourth-order valence-corrected chi connectivity index (χ4v) is 2.20. The lowest BCUT2D eigenvalue weighted by molar-refractivity contribution is 0.244. The molecule has 1 rings (SSSR count). The number of hydrogen-bond acceptors (Lipinski definition) is 4. The average molecular weight is 297 g/mol. The molecule has 0 amide bonds. The molecule has 22 heavy (non-hydrogen) atoms. The third-order valence-corrected chi connectivity index (χ3v) is 3.05. The fraction of sp³-hybridized carbons (Fsp3) is 0.500. The number of ether oxygens (including phenoxy) is 2. The molecule has 4 nitrogen and oxygen atoms in total. The van der Waals surface area contributed by atoms with Crippen molar-refractivity contribution in [3.63, 3.8) is 0 Å².